The number of pyridine rings is 1. The van der Waals surface area contributed by atoms with Crippen molar-refractivity contribution in [2.24, 2.45) is 4.99 Å². The van der Waals surface area contributed by atoms with Crippen LogP contribution in [-0.4, -0.2) is 17.2 Å². The highest BCUT2D eigenvalue weighted by Gasteiger charge is 2.16. The quantitative estimate of drug-likeness (QED) is 0.795. The van der Waals surface area contributed by atoms with E-state index in [1.165, 1.54) is 0 Å². The first-order valence-electron chi connectivity index (χ1n) is 8.43. The standard InChI is InChI=1S/C20H22N4O2/c1-20(2,3)15-6-4-13(5-7-15)18(25)24-17-10-14(11-22-19(17)26)16-8-9-21-12-23-16/h4-12,16H,1-3H3,(H,21,23)(H,22,26)(H,24,25). The Balaban J connectivity index is 1.79. The van der Waals surface area contributed by atoms with E-state index in [-0.39, 0.29) is 28.6 Å². The van der Waals surface area contributed by atoms with Gasteiger partial charge in [0.2, 0.25) is 0 Å². The number of amides is 1. The van der Waals surface area contributed by atoms with Crippen molar-refractivity contribution in [1.82, 2.24) is 10.3 Å². The summed E-state index contributed by atoms with van der Waals surface area (Å²) in [6.45, 7) is 6.35. The number of carbonyl (C=O) groups is 1. The van der Waals surface area contributed by atoms with Crippen molar-refractivity contribution in [3.05, 3.63) is 75.8 Å². The minimum Gasteiger partial charge on any atom is -0.366 e. The van der Waals surface area contributed by atoms with Gasteiger partial charge in [0.05, 0.1) is 12.4 Å². The molecular formula is C20H22N4O2. The second kappa shape index (κ2) is 7.00. The summed E-state index contributed by atoms with van der Waals surface area (Å²) < 4.78 is 0. The maximum absolute atomic E-state index is 12.5. The van der Waals surface area contributed by atoms with Gasteiger partial charge >= 0.3 is 0 Å². The molecule has 1 unspecified atom stereocenters. The first kappa shape index (κ1) is 17.7. The molecule has 0 bridgehead atoms. The number of benzene rings is 1. The van der Waals surface area contributed by atoms with Crippen LogP contribution in [0.15, 0.2) is 58.6 Å². The van der Waals surface area contributed by atoms with E-state index in [1.54, 1.807) is 36.9 Å². The molecule has 1 aromatic heterocycles. The van der Waals surface area contributed by atoms with Crippen LogP contribution in [0.3, 0.4) is 0 Å². The Morgan fingerprint density at radius 3 is 2.54 bits per heavy atom. The SMILES string of the molecule is CC(C)(C)c1ccc(C(=O)Nc2cc(C3C=CN=CN3)c[nH]c2=O)cc1. The molecule has 3 rings (SSSR count). The molecule has 0 saturated heterocycles. The lowest BCUT2D eigenvalue weighted by atomic mass is 9.87. The van der Waals surface area contributed by atoms with Gasteiger partial charge in [-0.25, -0.2) is 4.99 Å². The van der Waals surface area contributed by atoms with Crippen LogP contribution in [0.1, 0.15) is 48.3 Å². The Kier molecular flexibility index (Phi) is 4.75. The van der Waals surface area contributed by atoms with Gasteiger partial charge in [0.15, 0.2) is 0 Å². The minimum atomic E-state index is -0.345. The number of hydrogen-bond donors (Lipinski definition) is 3. The lowest BCUT2D eigenvalue weighted by molar-refractivity contribution is 0.102. The van der Waals surface area contributed by atoms with E-state index in [0.717, 1.165) is 11.1 Å². The molecule has 1 aliphatic heterocycles. The third-order valence-electron chi connectivity index (χ3n) is 4.24. The maximum atomic E-state index is 12.5. The van der Waals surface area contributed by atoms with Crippen LogP contribution < -0.4 is 16.2 Å². The van der Waals surface area contributed by atoms with Gasteiger partial charge in [-0.3, -0.25) is 9.59 Å². The molecule has 0 saturated carbocycles. The lowest BCUT2D eigenvalue weighted by Gasteiger charge is -2.19. The van der Waals surface area contributed by atoms with Crippen molar-refractivity contribution in [2.45, 2.75) is 32.2 Å². The van der Waals surface area contributed by atoms with Gasteiger partial charge in [0.1, 0.15) is 5.69 Å². The largest absolute Gasteiger partial charge is 0.366 e. The van der Waals surface area contributed by atoms with Crippen LogP contribution in [0.25, 0.3) is 0 Å². The van der Waals surface area contributed by atoms with Crippen molar-refractivity contribution in [3.63, 3.8) is 0 Å². The predicted octanol–water partition coefficient (Wildman–Crippen LogP) is 3.11. The number of hydrogen-bond acceptors (Lipinski definition) is 4. The summed E-state index contributed by atoms with van der Waals surface area (Å²) in [5.74, 6) is -0.318. The fourth-order valence-corrected chi connectivity index (χ4v) is 2.65. The normalized spacial score (nSPS) is 16.2. The monoisotopic (exact) mass is 350 g/mol. The number of anilines is 1. The summed E-state index contributed by atoms with van der Waals surface area (Å²) in [4.78, 5) is 31.2. The topological polar surface area (TPSA) is 86.3 Å². The third-order valence-corrected chi connectivity index (χ3v) is 4.24. The van der Waals surface area contributed by atoms with Gasteiger partial charge in [-0.2, -0.15) is 0 Å². The molecule has 6 heteroatoms. The minimum absolute atomic E-state index is 0.0182. The van der Waals surface area contributed by atoms with Crippen LogP contribution >= 0.6 is 0 Å². The zero-order valence-electron chi connectivity index (χ0n) is 15.0. The van der Waals surface area contributed by atoms with Gasteiger partial charge in [-0.15, -0.1) is 0 Å². The van der Waals surface area contributed by atoms with E-state index in [9.17, 15) is 9.59 Å². The highest BCUT2D eigenvalue weighted by molar-refractivity contribution is 6.04. The molecule has 1 aromatic carbocycles. The number of rotatable bonds is 3. The number of nitrogens with zero attached hydrogens (tertiary/aromatic N) is 1. The van der Waals surface area contributed by atoms with Crippen molar-refractivity contribution >= 4 is 17.9 Å². The maximum Gasteiger partial charge on any atom is 0.271 e. The zero-order chi connectivity index (χ0) is 18.7. The first-order chi connectivity index (χ1) is 12.3. The van der Waals surface area contributed by atoms with Crippen molar-refractivity contribution in [3.8, 4) is 0 Å². The Morgan fingerprint density at radius 2 is 1.92 bits per heavy atom. The van der Waals surface area contributed by atoms with Gasteiger partial charge < -0.3 is 15.6 Å². The van der Waals surface area contributed by atoms with Crippen LogP contribution in [0.4, 0.5) is 5.69 Å². The number of nitrogens with one attached hydrogen (secondary N) is 3. The summed E-state index contributed by atoms with van der Waals surface area (Å²) in [5, 5.41) is 5.77. The summed E-state index contributed by atoms with van der Waals surface area (Å²) >= 11 is 0. The highest BCUT2D eigenvalue weighted by atomic mass is 16.2. The molecule has 6 nitrogen and oxygen atoms in total. The van der Waals surface area contributed by atoms with Crippen LogP contribution in [0.5, 0.6) is 0 Å². The Hall–Kier alpha value is -3.15. The highest BCUT2D eigenvalue weighted by Crippen LogP contribution is 2.22. The van der Waals surface area contributed by atoms with Crippen molar-refractivity contribution < 1.29 is 4.79 Å². The molecule has 26 heavy (non-hydrogen) atoms. The molecule has 1 aliphatic rings. The van der Waals surface area contributed by atoms with E-state index in [0.29, 0.717) is 5.56 Å². The smallest absolute Gasteiger partial charge is 0.271 e. The predicted molar refractivity (Wildman–Crippen MR) is 104 cm³/mol. The molecule has 1 atom stereocenters. The molecular weight excluding hydrogens is 328 g/mol. The van der Waals surface area contributed by atoms with Crippen molar-refractivity contribution in [2.75, 3.05) is 5.32 Å². The van der Waals surface area contributed by atoms with Gasteiger partial charge in [-0.05, 0) is 40.8 Å². The summed E-state index contributed by atoms with van der Waals surface area (Å²) in [6.07, 6.45) is 6.76. The fraction of sp³-hybridized carbons (Fsp3) is 0.250. The summed E-state index contributed by atoms with van der Waals surface area (Å²) in [6, 6.07) is 8.98. The Labute approximate surface area is 152 Å². The Morgan fingerprint density at radius 1 is 1.19 bits per heavy atom. The van der Waals surface area contributed by atoms with E-state index >= 15 is 0 Å². The second-order valence-electron chi connectivity index (χ2n) is 7.22. The van der Waals surface area contributed by atoms with Gasteiger partial charge in [0.25, 0.3) is 11.5 Å². The van der Waals surface area contributed by atoms with E-state index in [2.05, 4.69) is 41.4 Å². The number of aromatic nitrogens is 1. The molecule has 0 spiro atoms. The molecule has 2 heterocycles. The van der Waals surface area contributed by atoms with E-state index < -0.39 is 0 Å². The van der Waals surface area contributed by atoms with E-state index in [4.69, 9.17) is 0 Å². The average Bonchev–Trinajstić information content (AvgIpc) is 2.63. The molecule has 1 amide bonds. The number of H-pyrrole nitrogens is 1. The van der Waals surface area contributed by atoms with Crippen molar-refractivity contribution in [1.29, 1.82) is 0 Å². The number of aliphatic imine (C=N–C) groups is 1. The molecule has 3 N–H and O–H groups in total. The fourth-order valence-electron chi connectivity index (χ4n) is 2.65. The molecule has 0 radical (unpaired) electrons. The molecule has 134 valence electrons. The van der Waals surface area contributed by atoms with Crippen LogP contribution in [-0.2, 0) is 5.41 Å². The second-order valence-corrected chi connectivity index (χ2v) is 7.22. The summed E-state index contributed by atoms with van der Waals surface area (Å²) in [5.41, 5.74) is 2.36. The average molecular weight is 350 g/mol. The molecule has 2 aromatic rings. The summed E-state index contributed by atoms with van der Waals surface area (Å²) in [7, 11) is 0. The zero-order valence-corrected chi connectivity index (χ0v) is 15.0. The van der Waals surface area contributed by atoms with Crippen LogP contribution in [0, 0.1) is 0 Å². The molecule has 0 aliphatic carbocycles. The van der Waals surface area contributed by atoms with Crippen LogP contribution in [0.2, 0.25) is 0 Å². The number of carbonyl (C=O) groups excluding carboxylic acids is 1. The first-order valence-corrected chi connectivity index (χ1v) is 8.43. The van der Waals surface area contributed by atoms with E-state index in [1.807, 2.05) is 18.2 Å². The molecule has 0 fully saturated rings. The lowest BCUT2D eigenvalue weighted by Crippen LogP contribution is -2.24. The van der Waals surface area contributed by atoms with Gasteiger partial charge in [0, 0.05) is 18.0 Å². The van der Waals surface area contributed by atoms with Gasteiger partial charge in [-0.1, -0.05) is 32.9 Å². The number of aromatic amines is 1. The Bertz CT molecular complexity index is 918. The third kappa shape index (κ3) is 3.91.